The first kappa shape index (κ1) is 16.7. The van der Waals surface area contributed by atoms with Crippen molar-refractivity contribution >= 4 is 22.6 Å². The molecule has 7 heteroatoms. The van der Waals surface area contributed by atoms with Gasteiger partial charge in [-0.3, -0.25) is 0 Å². The zero-order valence-electron chi connectivity index (χ0n) is 13.8. The maximum atomic E-state index is 13.7. The highest BCUT2D eigenvalue weighted by atomic mass is 35.5. The van der Waals surface area contributed by atoms with E-state index in [-0.39, 0.29) is 5.56 Å². The Hall–Kier alpha value is -2.73. The monoisotopic (exact) mass is 373 g/mol. The number of fused-ring (bicyclic) bond motifs is 1. The summed E-state index contributed by atoms with van der Waals surface area (Å²) in [4.78, 5) is 4.54. The summed E-state index contributed by atoms with van der Waals surface area (Å²) >= 11 is 6.04. The van der Waals surface area contributed by atoms with E-state index in [1.165, 1.54) is 12.3 Å². The van der Waals surface area contributed by atoms with Crippen LogP contribution in [-0.2, 0) is 6.54 Å². The highest BCUT2D eigenvalue weighted by molar-refractivity contribution is 6.30. The van der Waals surface area contributed by atoms with Crippen LogP contribution in [0.4, 0.5) is 8.78 Å². The van der Waals surface area contributed by atoms with Crippen molar-refractivity contribution < 1.29 is 13.2 Å². The molecular weight excluding hydrogens is 360 g/mol. The summed E-state index contributed by atoms with van der Waals surface area (Å²) in [6.07, 6.45) is -1.16. The van der Waals surface area contributed by atoms with Crippen molar-refractivity contribution in [3.63, 3.8) is 0 Å². The number of rotatable bonds is 4. The molecule has 3 heterocycles. The Labute approximate surface area is 153 Å². The molecule has 0 unspecified atom stereocenters. The van der Waals surface area contributed by atoms with Crippen LogP contribution in [0.1, 0.15) is 23.2 Å². The van der Waals surface area contributed by atoms with E-state index in [1.807, 2.05) is 18.2 Å². The van der Waals surface area contributed by atoms with Gasteiger partial charge in [0.2, 0.25) is 0 Å². The summed E-state index contributed by atoms with van der Waals surface area (Å²) in [5.74, 6) is 0.432. The molecule has 4 rings (SSSR count). The van der Waals surface area contributed by atoms with Crippen LogP contribution in [0.3, 0.4) is 0 Å². The number of aryl methyl sites for hydroxylation is 1. The third-order valence-corrected chi connectivity index (χ3v) is 4.37. The number of alkyl halides is 2. The molecule has 0 aliphatic rings. The Bertz CT molecular complexity index is 1070. The Morgan fingerprint density at radius 1 is 1.19 bits per heavy atom. The minimum absolute atomic E-state index is 0.101. The van der Waals surface area contributed by atoms with Gasteiger partial charge in [0.05, 0.1) is 23.9 Å². The van der Waals surface area contributed by atoms with Gasteiger partial charge in [-0.2, -0.15) is 5.10 Å². The molecule has 0 aliphatic carbocycles. The zero-order valence-corrected chi connectivity index (χ0v) is 14.5. The van der Waals surface area contributed by atoms with E-state index in [4.69, 9.17) is 16.0 Å². The van der Waals surface area contributed by atoms with Gasteiger partial charge >= 0.3 is 0 Å². The summed E-state index contributed by atoms with van der Waals surface area (Å²) in [5.41, 5.74) is 2.06. The van der Waals surface area contributed by atoms with Crippen molar-refractivity contribution in [2.24, 2.45) is 0 Å². The van der Waals surface area contributed by atoms with Gasteiger partial charge in [0, 0.05) is 10.6 Å². The summed E-state index contributed by atoms with van der Waals surface area (Å²) in [6.45, 7) is 2.08. The van der Waals surface area contributed by atoms with Crippen molar-refractivity contribution in [1.82, 2.24) is 14.8 Å². The number of hydrogen-bond donors (Lipinski definition) is 0. The molecule has 132 valence electrons. The van der Waals surface area contributed by atoms with Crippen LogP contribution in [0.15, 0.2) is 53.1 Å². The van der Waals surface area contributed by atoms with Crippen LogP contribution >= 0.6 is 11.6 Å². The number of nitrogens with zero attached hydrogens (tertiary/aromatic N) is 3. The van der Waals surface area contributed by atoms with Gasteiger partial charge < -0.3 is 4.42 Å². The molecule has 0 fully saturated rings. The second kappa shape index (κ2) is 6.53. The second-order valence-electron chi connectivity index (χ2n) is 5.95. The number of pyridine rings is 1. The molecule has 0 saturated heterocycles. The normalized spacial score (nSPS) is 11.6. The van der Waals surface area contributed by atoms with Gasteiger partial charge in [-0.25, -0.2) is 18.4 Å². The fourth-order valence-corrected chi connectivity index (χ4v) is 3.24. The lowest BCUT2D eigenvalue weighted by molar-refractivity contribution is 0.153. The van der Waals surface area contributed by atoms with Crippen LogP contribution in [0.25, 0.3) is 22.5 Å². The van der Waals surface area contributed by atoms with Crippen molar-refractivity contribution in [3.05, 3.63) is 70.6 Å². The molecule has 0 aliphatic heterocycles. The SMILES string of the molecule is Cc1nn(Cc2cccc(Cl)c2)c2nc(-c3ccco3)cc(C(F)F)c12. The molecule has 0 atom stereocenters. The van der Waals surface area contributed by atoms with Crippen LogP contribution < -0.4 is 0 Å². The number of hydrogen-bond acceptors (Lipinski definition) is 3. The molecule has 0 bridgehead atoms. The van der Waals surface area contributed by atoms with Gasteiger partial charge in [-0.05, 0) is 42.8 Å². The Morgan fingerprint density at radius 3 is 2.73 bits per heavy atom. The van der Waals surface area contributed by atoms with Crippen molar-refractivity contribution in [1.29, 1.82) is 0 Å². The van der Waals surface area contributed by atoms with Gasteiger partial charge in [-0.15, -0.1) is 0 Å². The molecule has 3 aromatic heterocycles. The van der Waals surface area contributed by atoms with E-state index in [0.29, 0.717) is 39.7 Å². The number of aromatic nitrogens is 3. The number of benzene rings is 1. The smallest absolute Gasteiger partial charge is 0.264 e. The van der Waals surface area contributed by atoms with E-state index < -0.39 is 6.43 Å². The van der Waals surface area contributed by atoms with Gasteiger partial charge in [0.25, 0.3) is 6.43 Å². The third kappa shape index (κ3) is 2.97. The van der Waals surface area contributed by atoms with E-state index in [2.05, 4.69) is 10.1 Å². The second-order valence-corrected chi connectivity index (χ2v) is 6.38. The summed E-state index contributed by atoms with van der Waals surface area (Å²) in [6, 6.07) is 12.1. The summed E-state index contributed by atoms with van der Waals surface area (Å²) < 4.78 is 34.3. The molecule has 0 saturated carbocycles. The standard InChI is InChI=1S/C19H14ClF2N3O/c1-11-17-14(18(21)22)9-15(16-6-3-7-26-16)23-19(17)25(24-11)10-12-4-2-5-13(20)8-12/h2-9,18H,10H2,1H3. The Morgan fingerprint density at radius 2 is 2.04 bits per heavy atom. The summed E-state index contributed by atoms with van der Waals surface area (Å²) in [5, 5.41) is 5.40. The van der Waals surface area contributed by atoms with Crippen LogP contribution in [-0.4, -0.2) is 14.8 Å². The lowest BCUT2D eigenvalue weighted by atomic mass is 10.1. The predicted octanol–water partition coefficient (Wildman–Crippen LogP) is 5.64. The van der Waals surface area contributed by atoms with E-state index in [0.717, 1.165) is 5.56 Å². The molecule has 4 nitrogen and oxygen atoms in total. The Kier molecular flexibility index (Phi) is 4.20. The fraction of sp³-hybridized carbons (Fsp3) is 0.158. The van der Waals surface area contributed by atoms with Gasteiger partial charge in [0.15, 0.2) is 11.4 Å². The number of halogens is 3. The maximum absolute atomic E-state index is 13.7. The van der Waals surface area contributed by atoms with Crippen molar-refractivity contribution in [2.45, 2.75) is 19.9 Å². The predicted molar refractivity (Wildman–Crippen MR) is 95.5 cm³/mol. The lowest BCUT2D eigenvalue weighted by Crippen LogP contribution is -2.03. The first-order valence-electron chi connectivity index (χ1n) is 7.97. The summed E-state index contributed by atoms with van der Waals surface area (Å²) in [7, 11) is 0. The Balaban J connectivity index is 1.91. The highest BCUT2D eigenvalue weighted by Gasteiger charge is 2.21. The highest BCUT2D eigenvalue weighted by Crippen LogP contribution is 2.33. The van der Waals surface area contributed by atoms with Crippen LogP contribution in [0.2, 0.25) is 5.02 Å². The van der Waals surface area contributed by atoms with Crippen LogP contribution in [0.5, 0.6) is 0 Å². The average Bonchev–Trinajstić information content (AvgIpc) is 3.23. The molecule has 26 heavy (non-hydrogen) atoms. The largest absolute Gasteiger partial charge is 0.463 e. The molecule has 0 amide bonds. The van der Waals surface area contributed by atoms with E-state index >= 15 is 0 Å². The first-order valence-corrected chi connectivity index (χ1v) is 8.35. The number of furan rings is 1. The lowest BCUT2D eigenvalue weighted by Gasteiger charge is -2.08. The van der Waals surface area contributed by atoms with E-state index in [1.54, 1.807) is 29.8 Å². The topological polar surface area (TPSA) is 43.9 Å². The van der Waals surface area contributed by atoms with E-state index in [9.17, 15) is 8.78 Å². The maximum Gasteiger partial charge on any atom is 0.264 e. The third-order valence-electron chi connectivity index (χ3n) is 4.14. The molecule has 0 N–H and O–H groups in total. The average molecular weight is 374 g/mol. The van der Waals surface area contributed by atoms with Crippen LogP contribution in [0, 0.1) is 6.92 Å². The molecule has 1 aromatic carbocycles. The molecular formula is C19H14ClF2N3O. The molecule has 4 aromatic rings. The molecule has 0 spiro atoms. The van der Waals surface area contributed by atoms with Gasteiger partial charge in [0.1, 0.15) is 5.69 Å². The zero-order chi connectivity index (χ0) is 18.3. The minimum atomic E-state index is -2.64. The first-order chi connectivity index (χ1) is 12.5. The minimum Gasteiger partial charge on any atom is -0.463 e. The van der Waals surface area contributed by atoms with Gasteiger partial charge in [-0.1, -0.05) is 23.7 Å². The quantitative estimate of drug-likeness (QED) is 0.465. The fourth-order valence-electron chi connectivity index (χ4n) is 3.03. The molecule has 0 radical (unpaired) electrons. The van der Waals surface area contributed by atoms with Crippen molar-refractivity contribution in [2.75, 3.05) is 0 Å². The van der Waals surface area contributed by atoms with Crippen molar-refractivity contribution in [3.8, 4) is 11.5 Å².